The molecule has 0 aliphatic heterocycles. The predicted molar refractivity (Wildman–Crippen MR) is 45.6 cm³/mol. The van der Waals surface area contributed by atoms with Crippen molar-refractivity contribution in [1.29, 1.82) is 0 Å². The van der Waals surface area contributed by atoms with Crippen molar-refractivity contribution in [3.05, 3.63) is 0 Å². The fourth-order valence-electron chi connectivity index (χ4n) is 2.21. The molecule has 0 aromatic carbocycles. The molecule has 4 atom stereocenters. The summed E-state index contributed by atoms with van der Waals surface area (Å²) in [5.41, 5.74) is -1.01. The zero-order valence-electron chi connectivity index (χ0n) is 7.70. The molecular formula is C9H18O3. The summed E-state index contributed by atoms with van der Waals surface area (Å²) in [5, 5.41) is 28.4. The van der Waals surface area contributed by atoms with Gasteiger partial charge >= 0.3 is 0 Å². The average molecular weight is 174 g/mol. The Balaban J connectivity index is 2.73. The largest absolute Gasteiger partial charge is 0.396 e. The highest BCUT2D eigenvalue weighted by Crippen LogP contribution is 2.41. The minimum atomic E-state index is -1.01. The average Bonchev–Trinajstić information content (AvgIpc) is 2.25. The first-order chi connectivity index (χ1) is 5.54. The molecule has 0 amide bonds. The van der Waals surface area contributed by atoms with Crippen LogP contribution < -0.4 is 0 Å². The van der Waals surface area contributed by atoms with Crippen molar-refractivity contribution in [3.8, 4) is 0 Å². The summed E-state index contributed by atoms with van der Waals surface area (Å²) in [5.74, 6) is -0.0328. The van der Waals surface area contributed by atoms with E-state index in [2.05, 4.69) is 0 Å². The Kier molecular flexibility index (Phi) is 2.76. The summed E-state index contributed by atoms with van der Waals surface area (Å²) < 4.78 is 0. The fourth-order valence-corrected chi connectivity index (χ4v) is 2.21. The van der Waals surface area contributed by atoms with E-state index in [0.29, 0.717) is 0 Å². The van der Waals surface area contributed by atoms with E-state index >= 15 is 0 Å². The summed E-state index contributed by atoms with van der Waals surface area (Å²) in [6, 6.07) is 0. The van der Waals surface area contributed by atoms with E-state index in [0.717, 1.165) is 12.8 Å². The molecule has 0 aromatic heterocycles. The van der Waals surface area contributed by atoms with Crippen LogP contribution in [0.3, 0.4) is 0 Å². The van der Waals surface area contributed by atoms with Crippen LogP contribution in [0.2, 0.25) is 0 Å². The maximum absolute atomic E-state index is 9.86. The first-order valence-electron chi connectivity index (χ1n) is 4.55. The lowest BCUT2D eigenvalue weighted by molar-refractivity contribution is -0.0819. The van der Waals surface area contributed by atoms with E-state index in [-0.39, 0.29) is 18.4 Å². The lowest BCUT2D eigenvalue weighted by Gasteiger charge is -2.28. The van der Waals surface area contributed by atoms with Crippen molar-refractivity contribution in [2.45, 2.75) is 38.4 Å². The molecule has 3 N–H and O–H groups in total. The summed E-state index contributed by atoms with van der Waals surface area (Å²) in [7, 11) is 0. The molecule has 0 heterocycles. The third-order valence-corrected chi connectivity index (χ3v) is 3.19. The van der Waals surface area contributed by atoms with Gasteiger partial charge in [-0.15, -0.1) is 0 Å². The molecule has 0 unspecified atom stereocenters. The molecule has 0 radical (unpaired) electrons. The van der Waals surface area contributed by atoms with Crippen LogP contribution in [0, 0.1) is 11.8 Å². The molecule has 3 heteroatoms. The van der Waals surface area contributed by atoms with E-state index < -0.39 is 11.7 Å². The van der Waals surface area contributed by atoms with Crippen LogP contribution in [0.25, 0.3) is 0 Å². The normalized spacial score (nSPS) is 48.2. The van der Waals surface area contributed by atoms with Gasteiger partial charge < -0.3 is 15.3 Å². The third-order valence-electron chi connectivity index (χ3n) is 3.19. The van der Waals surface area contributed by atoms with Crippen molar-refractivity contribution in [2.75, 3.05) is 6.61 Å². The molecule has 0 aromatic rings. The monoisotopic (exact) mass is 174 g/mol. The molecule has 0 bridgehead atoms. The zero-order valence-corrected chi connectivity index (χ0v) is 7.70. The molecule has 0 spiro atoms. The van der Waals surface area contributed by atoms with Crippen molar-refractivity contribution in [1.82, 2.24) is 0 Å². The van der Waals surface area contributed by atoms with Gasteiger partial charge in [-0.1, -0.05) is 13.3 Å². The van der Waals surface area contributed by atoms with Gasteiger partial charge in [-0.25, -0.2) is 0 Å². The Morgan fingerprint density at radius 3 is 2.33 bits per heavy atom. The summed E-state index contributed by atoms with van der Waals surface area (Å²) in [4.78, 5) is 0. The van der Waals surface area contributed by atoms with E-state index in [1.807, 2.05) is 6.92 Å². The first kappa shape index (κ1) is 9.96. The Morgan fingerprint density at radius 2 is 2.08 bits per heavy atom. The highest BCUT2D eigenvalue weighted by Gasteiger charge is 2.48. The maximum Gasteiger partial charge on any atom is 0.0909 e. The molecule has 1 fully saturated rings. The molecule has 12 heavy (non-hydrogen) atoms. The molecule has 0 saturated heterocycles. The Hall–Kier alpha value is -0.120. The molecule has 1 saturated carbocycles. The summed E-state index contributed by atoms with van der Waals surface area (Å²) >= 11 is 0. The standard InChI is InChI=1S/C9H18O3/c1-3-7-4-6(5-10)8(11)9(7,2)12/h6-8,10-12H,3-5H2,1-2H3/t6-,7-,8-,9+/m1/s1. The van der Waals surface area contributed by atoms with Crippen LogP contribution in [0.5, 0.6) is 0 Å². The van der Waals surface area contributed by atoms with Gasteiger partial charge in [0.15, 0.2) is 0 Å². The van der Waals surface area contributed by atoms with Gasteiger partial charge in [0.05, 0.1) is 11.7 Å². The minimum Gasteiger partial charge on any atom is -0.396 e. The summed E-state index contributed by atoms with van der Waals surface area (Å²) in [6.45, 7) is 3.61. The number of rotatable bonds is 2. The molecular weight excluding hydrogens is 156 g/mol. The van der Waals surface area contributed by atoms with Gasteiger partial charge in [-0.2, -0.15) is 0 Å². The Morgan fingerprint density at radius 1 is 1.50 bits per heavy atom. The number of hydrogen-bond donors (Lipinski definition) is 3. The second-order valence-corrected chi connectivity index (χ2v) is 3.95. The highest BCUT2D eigenvalue weighted by molar-refractivity contribution is 4.99. The van der Waals surface area contributed by atoms with Crippen LogP contribution in [-0.2, 0) is 0 Å². The van der Waals surface area contributed by atoms with E-state index in [4.69, 9.17) is 5.11 Å². The maximum atomic E-state index is 9.86. The first-order valence-corrected chi connectivity index (χ1v) is 4.55. The van der Waals surface area contributed by atoms with E-state index in [1.54, 1.807) is 6.92 Å². The highest BCUT2D eigenvalue weighted by atomic mass is 16.3. The Bertz CT molecular complexity index is 152. The molecule has 3 nitrogen and oxygen atoms in total. The van der Waals surface area contributed by atoms with Gasteiger partial charge in [0.1, 0.15) is 0 Å². The second kappa shape index (κ2) is 3.32. The smallest absolute Gasteiger partial charge is 0.0909 e. The van der Waals surface area contributed by atoms with Gasteiger partial charge in [-0.05, 0) is 19.3 Å². The third kappa shape index (κ3) is 1.37. The molecule has 1 rings (SSSR count). The van der Waals surface area contributed by atoms with Crippen molar-refractivity contribution < 1.29 is 15.3 Å². The van der Waals surface area contributed by atoms with Crippen LogP contribution in [0.1, 0.15) is 26.7 Å². The molecule has 72 valence electrons. The lowest BCUT2D eigenvalue weighted by atomic mass is 9.89. The number of aliphatic hydroxyl groups is 3. The van der Waals surface area contributed by atoms with Crippen molar-refractivity contribution >= 4 is 0 Å². The van der Waals surface area contributed by atoms with E-state index in [1.165, 1.54) is 0 Å². The van der Waals surface area contributed by atoms with Crippen molar-refractivity contribution in [2.24, 2.45) is 11.8 Å². The van der Waals surface area contributed by atoms with Gasteiger partial charge in [-0.3, -0.25) is 0 Å². The lowest BCUT2D eigenvalue weighted by Crippen LogP contribution is -2.41. The quantitative estimate of drug-likeness (QED) is 0.558. The Labute approximate surface area is 73.0 Å². The number of aliphatic hydroxyl groups excluding tert-OH is 2. The van der Waals surface area contributed by atoms with Gasteiger partial charge in [0, 0.05) is 12.5 Å². The van der Waals surface area contributed by atoms with E-state index in [9.17, 15) is 10.2 Å². The van der Waals surface area contributed by atoms with Crippen LogP contribution in [0.4, 0.5) is 0 Å². The topological polar surface area (TPSA) is 60.7 Å². The van der Waals surface area contributed by atoms with Gasteiger partial charge in [0.2, 0.25) is 0 Å². The second-order valence-electron chi connectivity index (χ2n) is 3.95. The van der Waals surface area contributed by atoms with Crippen LogP contribution >= 0.6 is 0 Å². The zero-order chi connectivity index (χ0) is 9.35. The van der Waals surface area contributed by atoms with Crippen molar-refractivity contribution in [3.63, 3.8) is 0 Å². The number of hydrogen-bond acceptors (Lipinski definition) is 3. The van der Waals surface area contributed by atoms with Gasteiger partial charge in [0.25, 0.3) is 0 Å². The predicted octanol–water partition coefficient (Wildman–Crippen LogP) is 0.137. The van der Waals surface area contributed by atoms with Crippen LogP contribution in [0.15, 0.2) is 0 Å². The fraction of sp³-hybridized carbons (Fsp3) is 1.00. The minimum absolute atomic E-state index is 0.0339. The summed E-state index contributed by atoms with van der Waals surface area (Å²) in [6.07, 6.45) is 0.800. The SMILES string of the molecule is CC[C@@H]1C[C@H](CO)[C@@H](O)[C@@]1(C)O. The molecule has 1 aliphatic carbocycles. The van der Waals surface area contributed by atoms with Crippen LogP contribution in [-0.4, -0.2) is 33.6 Å². The molecule has 1 aliphatic rings.